The fourth-order valence-electron chi connectivity index (χ4n) is 3.52. The molecule has 13 heteroatoms. The zero-order valence-electron chi connectivity index (χ0n) is 19.8. The Morgan fingerprint density at radius 1 is 1.26 bits per heavy atom. The summed E-state index contributed by atoms with van der Waals surface area (Å²) in [6.07, 6.45) is 1.37. The molecule has 0 aliphatic carbocycles. The molecule has 0 radical (unpaired) electrons. The second-order valence-corrected chi connectivity index (χ2v) is 7.52. The normalized spacial score (nSPS) is 11.4. The number of nitrogens with zero attached hydrogens (tertiary/aromatic N) is 7. The Labute approximate surface area is 197 Å². The molecule has 5 N–H and O–H groups in total. The molecule has 0 aliphatic heterocycles. The van der Waals surface area contributed by atoms with Crippen LogP contribution >= 0.6 is 0 Å². The van der Waals surface area contributed by atoms with Gasteiger partial charge < -0.3 is 20.6 Å². The first-order valence-electron chi connectivity index (χ1n) is 11.2. The van der Waals surface area contributed by atoms with E-state index in [0.29, 0.717) is 17.8 Å². The number of benzene rings is 1. The number of hydrogen-bond acceptors (Lipinski definition) is 10. The Morgan fingerprint density at radius 3 is 2.59 bits per heavy atom. The maximum absolute atomic E-state index is 12.9. The van der Waals surface area contributed by atoms with Crippen LogP contribution in [0.3, 0.4) is 0 Å². The third kappa shape index (κ3) is 5.31. The number of hydrogen-bond donors (Lipinski definition) is 4. The Hall–Kier alpha value is -4.00. The van der Waals surface area contributed by atoms with Crippen molar-refractivity contribution in [2.24, 2.45) is 5.10 Å². The second-order valence-electron chi connectivity index (χ2n) is 7.52. The van der Waals surface area contributed by atoms with Crippen LogP contribution in [0.15, 0.2) is 27.9 Å². The minimum absolute atomic E-state index is 0.0364. The van der Waals surface area contributed by atoms with Crippen molar-refractivity contribution in [1.82, 2.24) is 30.7 Å². The number of nitrogens with two attached hydrogens (primary N) is 1. The topological polar surface area (TPSA) is 165 Å². The fourth-order valence-corrected chi connectivity index (χ4v) is 3.52. The molecule has 34 heavy (non-hydrogen) atoms. The van der Waals surface area contributed by atoms with Crippen LogP contribution in [0.25, 0.3) is 5.82 Å². The van der Waals surface area contributed by atoms with Crippen LogP contribution < -0.4 is 21.0 Å². The summed E-state index contributed by atoms with van der Waals surface area (Å²) < 4.78 is 6.03. The van der Waals surface area contributed by atoms with Crippen molar-refractivity contribution in [3.8, 4) is 11.6 Å². The standard InChI is InChI=1S/C21H30N10O3/c1-5-29(6-2)13-16-18(24-28-31(16)20-19(22)26-34-27-20)21(33)25-23-12-14-9-10-15(11-17(14)32)30(7-3)8-4/h9-12,32H,5-8,13H2,1-4H3,(H2,22,26)(H,25,33)/p+1. The van der Waals surface area contributed by atoms with Gasteiger partial charge in [-0.1, -0.05) is 5.21 Å². The first-order chi connectivity index (χ1) is 16.4. The average Bonchev–Trinajstić information content (AvgIpc) is 3.44. The summed E-state index contributed by atoms with van der Waals surface area (Å²) in [6.45, 7) is 11.9. The molecule has 0 saturated heterocycles. The highest BCUT2D eigenvalue weighted by molar-refractivity contribution is 5.94. The lowest BCUT2D eigenvalue weighted by atomic mass is 10.2. The molecule has 0 aliphatic rings. The Kier molecular flexibility index (Phi) is 8.14. The lowest BCUT2D eigenvalue weighted by molar-refractivity contribution is -0.910. The van der Waals surface area contributed by atoms with Crippen LogP contribution in [0.4, 0.5) is 11.5 Å². The molecule has 3 aromatic rings. The molecule has 0 saturated carbocycles. The van der Waals surface area contributed by atoms with Gasteiger partial charge in [0, 0.05) is 30.4 Å². The van der Waals surface area contributed by atoms with Gasteiger partial charge in [-0.15, -0.1) is 5.10 Å². The Morgan fingerprint density at radius 2 is 2.00 bits per heavy atom. The molecular weight excluding hydrogens is 440 g/mol. The molecule has 0 bridgehead atoms. The summed E-state index contributed by atoms with van der Waals surface area (Å²) in [7, 11) is 0. The molecule has 1 amide bonds. The number of hydrazone groups is 1. The predicted octanol–water partition coefficient (Wildman–Crippen LogP) is -0.0271. The molecule has 1 aromatic carbocycles. The largest absolute Gasteiger partial charge is 0.507 e. The van der Waals surface area contributed by atoms with Gasteiger partial charge in [0.15, 0.2) is 5.69 Å². The number of carbonyl (C=O) groups excluding carboxylic acids is 1. The Bertz CT molecular complexity index is 1130. The van der Waals surface area contributed by atoms with Crippen LogP contribution in [0.1, 0.15) is 49.4 Å². The van der Waals surface area contributed by atoms with E-state index in [2.05, 4.69) is 40.7 Å². The molecule has 182 valence electrons. The van der Waals surface area contributed by atoms with Crippen LogP contribution in [0.5, 0.6) is 5.75 Å². The van der Waals surface area contributed by atoms with E-state index in [9.17, 15) is 9.90 Å². The van der Waals surface area contributed by atoms with Gasteiger partial charge in [-0.2, -0.15) is 9.78 Å². The van der Waals surface area contributed by atoms with Gasteiger partial charge in [0.25, 0.3) is 5.91 Å². The van der Waals surface area contributed by atoms with Crippen molar-refractivity contribution in [2.45, 2.75) is 34.2 Å². The molecule has 3 rings (SSSR count). The monoisotopic (exact) mass is 471 g/mol. The summed E-state index contributed by atoms with van der Waals surface area (Å²) in [5, 5.41) is 29.7. The molecule has 0 atom stereocenters. The van der Waals surface area contributed by atoms with E-state index in [1.165, 1.54) is 15.8 Å². The number of carbonyl (C=O) groups is 1. The van der Waals surface area contributed by atoms with Gasteiger partial charge in [0.2, 0.25) is 11.6 Å². The number of rotatable bonds is 11. The third-order valence-corrected chi connectivity index (χ3v) is 5.60. The van der Waals surface area contributed by atoms with E-state index in [-0.39, 0.29) is 23.1 Å². The molecular formula is C21H31N10O3+. The minimum atomic E-state index is -0.557. The lowest BCUT2D eigenvalue weighted by Crippen LogP contribution is -3.10. The number of phenolic OH excluding ortho intramolecular Hbond substituents is 1. The number of aromatic hydroxyl groups is 1. The van der Waals surface area contributed by atoms with E-state index in [4.69, 9.17) is 5.73 Å². The highest BCUT2D eigenvalue weighted by Crippen LogP contribution is 2.23. The summed E-state index contributed by atoms with van der Waals surface area (Å²) in [4.78, 5) is 16.2. The zero-order valence-corrected chi connectivity index (χ0v) is 19.8. The van der Waals surface area contributed by atoms with E-state index in [1.807, 2.05) is 33.8 Å². The van der Waals surface area contributed by atoms with Gasteiger partial charge in [-0.3, -0.25) is 4.79 Å². The number of anilines is 2. The van der Waals surface area contributed by atoms with Crippen molar-refractivity contribution in [3.05, 3.63) is 35.2 Å². The molecule has 0 spiro atoms. The molecule has 0 unspecified atom stereocenters. The van der Waals surface area contributed by atoms with E-state index in [1.54, 1.807) is 12.1 Å². The van der Waals surface area contributed by atoms with Crippen LogP contribution in [-0.4, -0.2) is 68.7 Å². The van der Waals surface area contributed by atoms with E-state index < -0.39 is 5.91 Å². The van der Waals surface area contributed by atoms with Crippen molar-refractivity contribution in [1.29, 1.82) is 0 Å². The quantitative estimate of drug-likeness (QED) is 0.222. The minimum Gasteiger partial charge on any atom is -0.507 e. The van der Waals surface area contributed by atoms with Crippen LogP contribution in [0, 0.1) is 0 Å². The first-order valence-corrected chi connectivity index (χ1v) is 11.2. The summed E-state index contributed by atoms with van der Waals surface area (Å²) >= 11 is 0. The second kappa shape index (κ2) is 11.2. The number of phenols is 1. The average molecular weight is 472 g/mol. The highest BCUT2D eigenvalue weighted by atomic mass is 16.6. The van der Waals surface area contributed by atoms with Crippen molar-refractivity contribution in [3.63, 3.8) is 0 Å². The fraction of sp³-hybridized carbons (Fsp3) is 0.429. The molecule has 2 heterocycles. The number of aromatic nitrogens is 5. The van der Waals surface area contributed by atoms with Crippen molar-refractivity contribution < 1.29 is 19.4 Å². The number of quaternary nitrogens is 1. The summed E-state index contributed by atoms with van der Waals surface area (Å²) in [6, 6.07) is 5.30. The first kappa shape index (κ1) is 24.6. The number of nitrogen functional groups attached to an aromatic ring is 1. The summed E-state index contributed by atoms with van der Waals surface area (Å²) in [5.74, 6) is -0.296. The predicted molar refractivity (Wildman–Crippen MR) is 126 cm³/mol. The highest BCUT2D eigenvalue weighted by Gasteiger charge is 2.26. The molecule has 13 nitrogen and oxygen atoms in total. The van der Waals surface area contributed by atoms with Gasteiger partial charge >= 0.3 is 0 Å². The maximum Gasteiger partial charge on any atom is 0.294 e. The van der Waals surface area contributed by atoms with Gasteiger partial charge in [-0.05, 0) is 50.1 Å². The number of nitrogens with one attached hydrogen (secondary N) is 2. The van der Waals surface area contributed by atoms with E-state index in [0.717, 1.165) is 31.9 Å². The van der Waals surface area contributed by atoms with Gasteiger partial charge in [0.05, 0.1) is 19.3 Å². The summed E-state index contributed by atoms with van der Waals surface area (Å²) in [5.41, 5.74) is 10.2. The zero-order chi connectivity index (χ0) is 24.7. The Balaban J connectivity index is 1.81. The third-order valence-electron chi connectivity index (χ3n) is 5.60. The lowest BCUT2D eigenvalue weighted by Gasteiger charge is -2.21. The smallest absolute Gasteiger partial charge is 0.294 e. The van der Waals surface area contributed by atoms with Gasteiger partial charge in [-0.25, -0.2) is 10.1 Å². The number of amides is 1. The molecule has 2 aromatic heterocycles. The maximum atomic E-state index is 12.9. The molecule has 0 fully saturated rings. The SMILES string of the molecule is CCN(CC)c1ccc(C=NNC(=O)c2nnn(-c3nonc3N)c2C[NH+](CC)CC)c(O)c1. The van der Waals surface area contributed by atoms with Crippen molar-refractivity contribution >= 4 is 23.6 Å². The van der Waals surface area contributed by atoms with E-state index >= 15 is 0 Å². The van der Waals surface area contributed by atoms with Crippen molar-refractivity contribution in [2.75, 3.05) is 36.8 Å². The van der Waals surface area contributed by atoms with Gasteiger partial charge in [0.1, 0.15) is 18.0 Å². The van der Waals surface area contributed by atoms with Crippen LogP contribution in [-0.2, 0) is 6.54 Å². The van der Waals surface area contributed by atoms with Crippen LogP contribution in [0.2, 0.25) is 0 Å².